The van der Waals surface area contributed by atoms with Gasteiger partial charge in [0.15, 0.2) is 0 Å². The van der Waals surface area contributed by atoms with Crippen LogP contribution in [-0.4, -0.2) is 28.0 Å². The second-order valence-corrected chi connectivity index (χ2v) is 10.2. The molecular formula is C23H24N2O4S2. The number of benzene rings is 2. The first-order valence-corrected chi connectivity index (χ1v) is 12.4. The van der Waals surface area contributed by atoms with Crippen molar-refractivity contribution in [1.29, 1.82) is 0 Å². The Morgan fingerprint density at radius 1 is 1.10 bits per heavy atom. The molecule has 31 heavy (non-hydrogen) atoms. The molecule has 3 aromatic rings. The van der Waals surface area contributed by atoms with E-state index in [0.717, 1.165) is 30.6 Å². The first-order chi connectivity index (χ1) is 14.9. The van der Waals surface area contributed by atoms with Gasteiger partial charge in [0.2, 0.25) is 0 Å². The van der Waals surface area contributed by atoms with Gasteiger partial charge in [0.05, 0.1) is 12.3 Å². The molecule has 1 aliphatic carbocycles. The molecule has 8 heteroatoms. The van der Waals surface area contributed by atoms with E-state index >= 15 is 0 Å². The van der Waals surface area contributed by atoms with Crippen LogP contribution in [0.5, 0.6) is 5.75 Å². The Labute approximate surface area is 186 Å². The Bertz CT molecular complexity index is 1200. The van der Waals surface area contributed by atoms with E-state index in [9.17, 15) is 13.2 Å². The van der Waals surface area contributed by atoms with E-state index in [2.05, 4.69) is 5.32 Å². The molecule has 0 aliphatic heterocycles. The average molecular weight is 457 g/mol. The van der Waals surface area contributed by atoms with Gasteiger partial charge >= 0.3 is 0 Å². The molecule has 1 heterocycles. The number of fused-ring (bicyclic) bond motifs is 1. The first-order valence-electron chi connectivity index (χ1n) is 10.1. The molecule has 0 unspecified atom stereocenters. The Hall–Kier alpha value is -2.84. The molecule has 0 fully saturated rings. The van der Waals surface area contributed by atoms with Crippen molar-refractivity contribution >= 4 is 38.6 Å². The summed E-state index contributed by atoms with van der Waals surface area (Å²) in [5.41, 5.74) is 3.73. The summed E-state index contributed by atoms with van der Waals surface area (Å²) in [6.07, 6.45) is 3.19. The summed E-state index contributed by atoms with van der Waals surface area (Å²) < 4.78 is 33.1. The number of carbonyl (C=O) groups is 1. The van der Waals surface area contributed by atoms with Crippen LogP contribution in [0, 0.1) is 0 Å². The van der Waals surface area contributed by atoms with E-state index in [0.29, 0.717) is 23.7 Å². The number of nitrogens with zero attached hydrogens (tertiary/aromatic N) is 1. The lowest BCUT2D eigenvalue weighted by atomic mass is 10.1. The van der Waals surface area contributed by atoms with E-state index in [1.165, 1.54) is 28.5 Å². The fourth-order valence-corrected chi connectivity index (χ4v) is 6.20. The Balaban J connectivity index is 1.56. The number of thiophene rings is 1. The van der Waals surface area contributed by atoms with Crippen molar-refractivity contribution < 1.29 is 17.9 Å². The molecular weight excluding hydrogens is 432 g/mol. The summed E-state index contributed by atoms with van der Waals surface area (Å²) in [6, 6.07) is 14.2. The quantitative estimate of drug-likeness (QED) is 0.559. The number of amides is 1. The molecule has 0 spiro atoms. The molecule has 1 amide bonds. The number of hydrogen-bond donors (Lipinski definition) is 1. The van der Waals surface area contributed by atoms with Crippen molar-refractivity contribution in [3.63, 3.8) is 0 Å². The second-order valence-electron chi connectivity index (χ2n) is 7.30. The molecule has 0 bridgehead atoms. The van der Waals surface area contributed by atoms with Crippen LogP contribution in [0.1, 0.15) is 34.1 Å². The van der Waals surface area contributed by atoms with Crippen LogP contribution in [0.4, 0.5) is 11.4 Å². The lowest BCUT2D eigenvalue weighted by Gasteiger charge is -2.20. The van der Waals surface area contributed by atoms with E-state index in [-0.39, 0.29) is 9.77 Å². The third-order valence-electron chi connectivity index (χ3n) is 5.34. The summed E-state index contributed by atoms with van der Waals surface area (Å²) in [7, 11) is -2.43. The van der Waals surface area contributed by atoms with Crippen LogP contribution in [0.3, 0.4) is 0 Å². The standard InChI is InChI=1S/C23H24N2O4S2/c1-3-29-20-11-9-19(10-12-20)25(2)31(27,28)21-13-14-30-22(21)23(26)24-18-8-7-16-5-4-6-17(16)15-18/h7-15H,3-6H2,1-2H3,(H,24,26). The largest absolute Gasteiger partial charge is 0.494 e. The highest BCUT2D eigenvalue weighted by atomic mass is 32.2. The number of anilines is 2. The molecule has 1 N–H and O–H groups in total. The topological polar surface area (TPSA) is 75.7 Å². The number of carbonyl (C=O) groups excluding carboxylic acids is 1. The fraction of sp³-hybridized carbons (Fsp3) is 0.261. The van der Waals surface area contributed by atoms with Gasteiger partial charge in [-0.3, -0.25) is 9.10 Å². The minimum absolute atomic E-state index is 0.00690. The van der Waals surface area contributed by atoms with Crippen LogP contribution in [-0.2, 0) is 22.9 Å². The van der Waals surface area contributed by atoms with Gasteiger partial charge in [0.25, 0.3) is 15.9 Å². The van der Waals surface area contributed by atoms with Crippen molar-refractivity contribution in [2.24, 2.45) is 0 Å². The molecule has 1 aromatic heterocycles. The molecule has 0 saturated heterocycles. The summed E-state index contributed by atoms with van der Waals surface area (Å²) >= 11 is 1.11. The fourth-order valence-electron chi connectivity index (χ4n) is 3.71. The lowest BCUT2D eigenvalue weighted by molar-refractivity contribution is 0.102. The Morgan fingerprint density at radius 2 is 1.84 bits per heavy atom. The number of hydrogen-bond acceptors (Lipinski definition) is 5. The van der Waals surface area contributed by atoms with Gasteiger partial charge in [-0.1, -0.05) is 6.07 Å². The first kappa shape index (κ1) is 21.4. The van der Waals surface area contributed by atoms with Crippen molar-refractivity contribution in [1.82, 2.24) is 0 Å². The maximum atomic E-state index is 13.3. The van der Waals surface area contributed by atoms with Gasteiger partial charge in [-0.2, -0.15) is 0 Å². The number of sulfonamides is 1. The predicted octanol–water partition coefficient (Wildman–Crippen LogP) is 4.71. The predicted molar refractivity (Wildman–Crippen MR) is 124 cm³/mol. The lowest BCUT2D eigenvalue weighted by Crippen LogP contribution is -2.28. The molecule has 2 aromatic carbocycles. The summed E-state index contributed by atoms with van der Waals surface area (Å²) in [6.45, 7) is 2.42. The molecule has 4 rings (SSSR count). The van der Waals surface area contributed by atoms with E-state index in [1.807, 2.05) is 25.1 Å². The molecule has 0 atom stereocenters. The average Bonchev–Trinajstić information content (AvgIpc) is 3.43. The van der Waals surface area contributed by atoms with E-state index in [4.69, 9.17) is 4.74 Å². The zero-order chi connectivity index (χ0) is 22.0. The third kappa shape index (κ3) is 4.31. The number of aryl methyl sites for hydroxylation is 2. The number of rotatable bonds is 7. The van der Waals surface area contributed by atoms with E-state index in [1.54, 1.807) is 29.6 Å². The summed E-state index contributed by atoms with van der Waals surface area (Å²) in [5, 5.41) is 4.48. The van der Waals surface area contributed by atoms with Crippen molar-refractivity contribution in [3.8, 4) is 5.75 Å². The Kier molecular flexibility index (Phi) is 6.02. The number of nitrogens with one attached hydrogen (secondary N) is 1. The molecule has 1 aliphatic rings. The Morgan fingerprint density at radius 3 is 2.58 bits per heavy atom. The zero-order valence-electron chi connectivity index (χ0n) is 17.4. The van der Waals surface area contributed by atoms with Gasteiger partial charge in [-0.15, -0.1) is 11.3 Å². The molecule has 6 nitrogen and oxygen atoms in total. The summed E-state index contributed by atoms with van der Waals surface area (Å²) in [5.74, 6) is 0.244. The van der Waals surface area contributed by atoms with Gasteiger partial charge in [-0.05, 0) is 85.2 Å². The van der Waals surface area contributed by atoms with Crippen LogP contribution in [0.15, 0.2) is 58.8 Å². The smallest absolute Gasteiger partial charge is 0.267 e. The number of ether oxygens (including phenoxy) is 1. The minimum Gasteiger partial charge on any atom is -0.494 e. The summed E-state index contributed by atoms with van der Waals surface area (Å²) in [4.78, 5) is 13.1. The highest BCUT2D eigenvalue weighted by molar-refractivity contribution is 7.93. The van der Waals surface area contributed by atoms with Crippen LogP contribution in [0.25, 0.3) is 0 Å². The van der Waals surface area contributed by atoms with Crippen LogP contribution < -0.4 is 14.4 Å². The maximum absolute atomic E-state index is 13.3. The highest BCUT2D eigenvalue weighted by Crippen LogP contribution is 2.30. The van der Waals surface area contributed by atoms with Gasteiger partial charge in [0, 0.05) is 12.7 Å². The monoisotopic (exact) mass is 456 g/mol. The SMILES string of the molecule is CCOc1ccc(N(C)S(=O)(=O)c2ccsc2C(=O)Nc2ccc3c(c2)CCC3)cc1. The molecule has 162 valence electrons. The van der Waals surface area contributed by atoms with Crippen molar-refractivity contribution in [2.75, 3.05) is 23.3 Å². The molecule has 0 radical (unpaired) electrons. The van der Waals surface area contributed by atoms with Gasteiger partial charge in [0.1, 0.15) is 15.5 Å². The minimum atomic E-state index is -3.91. The van der Waals surface area contributed by atoms with E-state index < -0.39 is 15.9 Å². The van der Waals surface area contributed by atoms with Crippen molar-refractivity contribution in [3.05, 3.63) is 69.9 Å². The van der Waals surface area contributed by atoms with Gasteiger partial charge in [-0.25, -0.2) is 8.42 Å². The second kappa shape index (κ2) is 8.72. The van der Waals surface area contributed by atoms with Crippen molar-refractivity contribution in [2.45, 2.75) is 31.1 Å². The van der Waals surface area contributed by atoms with Crippen LogP contribution >= 0.6 is 11.3 Å². The normalized spacial score (nSPS) is 13.0. The van der Waals surface area contributed by atoms with Crippen LogP contribution in [0.2, 0.25) is 0 Å². The zero-order valence-corrected chi connectivity index (χ0v) is 19.1. The third-order valence-corrected chi connectivity index (χ3v) is 8.21. The molecule has 0 saturated carbocycles. The van der Waals surface area contributed by atoms with Gasteiger partial charge < -0.3 is 10.1 Å². The maximum Gasteiger partial charge on any atom is 0.267 e. The highest BCUT2D eigenvalue weighted by Gasteiger charge is 2.28.